The van der Waals surface area contributed by atoms with Crippen molar-refractivity contribution >= 4 is 17.3 Å². The van der Waals surface area contributed by atoms with Crippen LogP contribution in [0.3, 0.4) is 0 Å². The average Bonchev–Trinajstić information content (AvgIpc) is 2.25. The summed E-state index contributed by atoms with van der Waals surface area (Å²) in [6, 6.07) is 7.34. The second-order valence-corrected chi connectivity index (χ2v) is 3.50. The number of carboxylic acids is 1. The Hall–Kier alpha value is -1.90. The van der Waals surface area contributed by atoms with Crippen molar-refractivity contribution in [2.75, 3.05) is 0 Å². The molecule has 0 aromatic heterocycles. The van der Waals surface area contributed by atoms with Crippen LogP contribution in [0.15, 0.2) is 30.3 Å². The van der Waals surface area contributed by atoms with E-state index in [-0.39, 0.29) is 11.4 Å². The van der Waals surface area contributed by atoms with Crippen molar-refractivity contribution in [1.29, 1.82) is 0 Å². The lowest BCUT2D eigenvalue weighted by molar-refractivity contribution is -0.131. The van der Waals surface area contributed by atoms with Crippen LogP contribution in [-0.4, -0.2) is 16.9 Å². The third-order valence-corrected chi connectivity index (χ3v) is 2.32. The lowest BCUT2D eigenvalue weighted by Crippen LogP contribution is -2.00. The van der Waals surface area contributed by atoms with Crippen LogP contribution in [0.25, 0.3) is 5.57 Å². The summed E-state index contributed by atoms with van der Waals surface area (Å²) in [5, 5.41) is 8.67. The van der Waals surface area contributed by atoms with Crippen LogP contribution in [0.1, 0.15) is 25.0 Å². The number of carbonyl (C=O) groups is 2. The van der Waals surface area contributed by atoms with E-state index in [4.69, 9.17) is 5.11 Å². The van der Waals surface area contributed by atoms with Crippen LogP contribution in [0.5, 0.6) is 0 Å². The highest BCUT2D eigenvalue weighted by atomic mass is 16.4. The van der Waals surface area contributed by atoms with E-state index in [9.17, 15) is 9.59 Å². The van der Waals surface area contributed by atoms with Gasteiger partial charge < -0.3 is 5.11 Å². The van der Waals surface area contributed by atoms with Crippen LogP contribution < -0.4 is 0 Å². The Morgan fingerprint density at radius 2 is 1.81 bits per heavy atom. The molecule has 0 spiro atoms. The van der Waals surface area contributed by atoms with Crippen LogP contribution >= 0.6 is 0 Å². The van der Waals surface area contributed by atoms with Gasteiger partial charge >= 0.3 is 5.97 Å². The molecule has 84 valence electrons. The molecule has 0 aliphatic rings. The van der Waals surface area contributed by atoms with E-state index < -0.39 is 5.97 Å². The number of hydrogen-bond donors (Lipinski definition) is 1. The van der Waals surface area contributed by atoms with E-state index in [1.54, 1.807) is 12.1 Å². The topological polar surface area (TPSA) is 54.4 Å². The van der Waals surface area contributed by atoms with Gasteiger partial charge in [0.15, 0.2) is 5.78 Å². The smallest absolute Gasteiger partial charge is 0.329 e. The highest BCUT2D eigenvalue weighted by molar-refractivity contribution is 6.22. The predicted octanol–water partition coefficient (Wildman–Crippen LogP) is 2.31. The van der Waals surface area contributed by atoms with Crippen molar-refractivity contribution in [2.24, 2.45) is 0 Å². The highest BCUT2D eigenvalue weighted by Crippen LogP contribution is 2.16. The second-order valence-electron chi connectivity index (χ2n) is 3.50. The number of allylic oxidation sites excluding steroid dienone is 1. The van der Waals surface area contributed by atoms with Crippen LogP contribution in [0.4, 0.5) is 0 Å². The van der Waals surface area contributed by atoms with Gasteiger partial charge in [0.25, 0.3) is 0 Å². The molecule has 0 unspecified atom stereocenters. The molecular formula is C13H14O3. The zero-order chi connectivity index (χ0) is 12.1. The molecule has 1 rings (SSSR count). The fourth-order valence-electron chi connectivity index (χ4n) is 1.43. The molecule has 0 aliphatic heterocycles. The maximum atomic E-state index is 11.3. The maximum absolute atomic E-state index is 11.3. The Morgan fingerprint density at radius 3 is 2.19 bits per heavy atom. The summed E-state index contributed by atoms with van der Waals surface area (Å²) < 4.78 is 0. The number of ketones is 1. The summed E-state index contributed by atoms with van der Waals surface area (Å²) >= 11 is 0. The zero-order valence-electron chi connectivity index (χ0n) is 9.36. The van der Waals surface area contributed by atoms with Gasteiger partial charge in [0, 0.05) is 11.6 Å². The molecule has 0 fully saturated rings. The van der Waals surface area contributed by atoms with Crippen molar-refractivity contribution in [1.82, 2.24) is 0 Å². The van der Waals surface area contributed by atoms with E-state index in [2.05, 4.69) is 0 Å². The number of rotatable bonds is 4. The summed E-state index contributed by atoms with van der Waals surface area (Å²) in [7, 11) is 0. The largest absolute Gasteiger partial charge is 0.478 e. The number of Topliss-reactive ketones (excluding diaryl/α,β-unsaturated/α-hetero) is 1. The first-order chi connectivity index (χ1) is 7.54. The van der Waals surface area contributed by atoms with E-state index in [0.717, 1.165) is 18.1 Å². The molecule has 3 heteroatoms. The Morgan fingerprint density at radius 1 is 1.25 bits per heavy atom. The lowest BCUT2D eigenvalue weighted by atomic mass is 10.0. The fourth-order valence-corrected chi connectivity index (χ4v) is 1.43. The molecule has 0 saturated heterocycles. The summed E-state index contributed by atoms with van der Waals surface area (Å²) in [4.78, 5) is 21.9. The number of aliphatic carboxylic acids is 1. The molecule has 0 radical (unpaired) electrons. The Balaban J connectivity index is 3.12. The number of hydrogen-bond acceptors (Lipinski definition) is 2. The predicted molar refractivity (Wildman–Crippen MR) is 62.1 cm³/mol. The van der Waals surface area contributed by atoms with Crippen LogP contribution in [-0.2, 0) is 16.0 Å². The van der Waals surface area contributed by atoms with Crippen molar-refractivity contribution in [3.8, 4) is 0 Å². The molecule has 0 bridgehead atoms. The standard InChI is InChI=1S/C13H14O3/c1-3-10-4-6-11(7-5-10)12(9(2)14)8-13(15)16/h4-8H,3H2,1-2H3,(H,15,16). The number of aryl methyl sites for hydroxylation is 1. The molecule has 0 amide bonds. The normalized spacial score (nSPS) is 11.2. The lowest BCUT2D eigenvalue weighted by Gasteiger charge is -2.04. The van der Waals surface area contributed by atoms with E-state index in [1.807, 2.05) is 19.1 Å². The molecule has 1 aromatic carbocycles. The van der Waals surface area contributed by atoms with Gasteiger partial charge in [-0.1, -0.05) is 31.2 Å². The first-order valence-electron chi connectivity index (χ1n) is 5.09. The van der Waals surface area contributed by atoms with Gasteiger partial charge in [-0.3, -0.25) is 4.79 Å². The SMILES string of the molecule is CCc1ccc(C(=CC(=O)O)C(C)=O)cc1. The van der Waals surface area contributed by atoms with E-state index in [1.165, 1.54) is 6.92 Å². The molecule has 1 aromatic rings. The number of carboxylic acid groups (broad SMARTS) is 1. The summed E-state index contributed by atoms with van der Waals surface area (Å²) in [6.45, 7) is 3.40. The molecule has 1 N–H and O–H groups in total. The molecular weight excluding hydrogens is 204 g/mol. The minimum absolute atomic E-state index is 0.232. The summed E-state index contributed by atoms with van der Waals surface area (Å²) in [6.07, 6.45) is 1.86. The molecule has 16 heavy (non-hydrogen) atoms. The number of carbonyl (C=O) groups excluding carboxylic acids is 1. The first kappa shape index (κ1) is 12.2. The van der Waals surface area contributed by atoms with Crippen molar-refractivity contribution in [3.05, 3.63) is 41.5 Å². The van der Waals surface area contributed by atoms with Gasteiger partial charge in [-0.25, -0.2) is 4.79 Å². The summed E-state index contributed by atoms with van der Waals surface area (Å²) in [5.74, 6) is -1.35. The van der Waals surface area contributed by atoms with Crippen LogP contribution in [0.2, 0.25) is 0 Å². The Labute approximate surface area is 94.4 Å². The minimum atomic E-state index is -1.11. The first-order valence-corrected chi connectivity index (χ1v) is 5.09. The van der Waals surface area contributed by atoms with E-state index in [0.29, 0.717) is 5.56 Å². The monoisotopic (exact) mass is 218 g/mol. The minimum Gasteiger partial charge on any atom is -0.478 e. The third kappa shape index (κ3) is 3.05. The average molecular weight is 218 g/mol. The number of benzene rings is 1. The Bertz CT molecular complexity index is 427. The quantitative estimate of drug-likeness (QED) is 0.789. The molecule has 3 nitrogen and oxygen atoms in total. The second kappa shape index (κ2) is 5.26. The Kier molecular flexibility index (Phi) is 4.00. The van der Waals surface area contributed by atoms with Gasteiger partial charge in [0.2, 0.25) is 0 Å². The maximum Gasteiger partial charge on any atom is 0.329 e. The third-order valence-electron chi connectivity index (χ3n) is 2.32. The van der Waals surface area contributed by atoms with Crippen molar-refractivity contribution in [2.45, 2.75) is 20.3 Å². The summed E-state index contributed by atoms with van der Waals surface area (Å²) in [5.41, 5.74) is 2.03. The van der Waals surface area contributed by atoms with Crippen molar-refractivity contribution < 1.29 is 14.7 Å². The van der Waals surface area contributed by atoms with Crippen molar-refractivity contribution in [3.63, 3.8) is 0 Å². The molecule has 0 heterocycles. The van der Waals surface area contributed by atoms with E-state index >= 15 is 0 Å². The van der Waals surface area contributed by atoms with Gasteiger partial charge in [-0.15, -0.1) is 0 Å². The molecule has 0 atom stereocenters. The van der Waals surface area contributed by atoms with Gasteiger partial charge in [-0.05, 0) is 24.5 Å². The highest BCUT2D eigenvalue weighted by Gasteiger charge is 2.08. The van der Waals surface area contributed by atoms with Gasteiger partial charge in [0.1, 0.15) is 0 Å². The molecule has 0 aliphatic carbocycles. The zero-order valence-corrected chi connectivity index (χ0v) is 9.36. The fraction of sp³-hybridized carbons (Fsp3) is 0.231. The molecule has 0 saturated carbocycles. The van der Waals surface area contributed by atoms with Gasteiger partial charge in [-0.2, -0.15) is 0 Å². The van der Waals surface area contributed by atoms with Gasteiger partial charge in [0.05, 0.1) is 0 Å². The van der Waals surface area contributed by atoms with Crippen LogP contribution in [0, 0.1) is 0 Å².